The first kappa shape index (κ1) is 83.4. The number of aromatic amines is 5. The molecule has 0 spiro atoms. The maximum absolute atomic E-state index is 13.4. The quantitative estimate of drug-likeness (QED) is 0.0633. The van der Waals surface area contributed by atoms with Crippen molar-refractivity contribution in [3.05, 3.63) is 269 Å². The number of alkyl halides is 2. The first-order valence-corrected chi connectivity index (χ1v) is 45.9. The standard InChI is InChI=1S/C24H24N2O3.C23H22N2O.C22H16F2N2O2.C21H18N2O3.C21H18N2O/c1-27-20-12-14(13-21(28-2)24(20)29-3)23-16-7-5-4-6-15(16)22-17-10-11-25-18(17)8-9-19(22)26-23;1-23(2)11-9-16-18(13-23)22(14-3-5-15(26)6-4-14)25-20-8-7-19-17(21(16)20)10-12-24-19;23-22(24)27-18-8-5-12(11-19(18)28-22)21-14-4-2-1-3-13(14)20-15-9-10-25-16(15)6-7-17(20)26-21;24-17-9-11(10-18(25)21(17)26)20-13-4-2-1-3-12(13)19-14-7-8-22-15(14)5-6-16(19)23-20;24-14-7-5-13(6-8-14)20-16-4-2-1-3-15(16)17-9-10-19-18(11-12-22-19)21(17)23-20/h8-13,26H,4-7H2,1-3H3;3-8,10,12,25-26H,9,11,13H2,1-2H3;5-11,26H,1-4H2;5-10,23-26H,1-4H2;5-12,22,24H,1-4H2. The smallest absolute Gasteiger partial charge is 0.508 e. The third kappa shape index (κ3) is 15.1. The highest BCUT2D eigenvalue weighted by atomic mass is 19.3. The molecule has 666 valence electrons. The monoisotopic (exact) mass is 1770 g/mol. The van der Waals surface area contributed by atoms with Crippen LogP contribution in [0.15, 0.2) is 213 Å². The van der Waals surface area contributed by atoms with Crippen LogP contribution >= 0.6 is 0 Å². The number of pyridine rings is 5. The Morgan fingerprint density at radius 3 is 1.21 bits per heavy atom. The lowest BCUT2D eigenvalue weighted by Gasteiger charge is -2.33. The minimum atomic E-state index is -3.61. The van der Waals surface area contributed by atoms with Gasteiger partial charge in [-0.15, -0.1) is 8.78 Å². The van der Waals surface area contributed by atoms with Gasteiger partial charge in [0.15, 0.2) is 40.2 Å². The van der Waals surface area contributed by atoms with Crippen LogP contribution in [0.3, 0.4) is 0 Å². The number of nitrogens with one attached hydrogen (secondary N) is 5. The molecule has 10 N–H and O–H groups in total. The van der Waals surface area contributed by atoms with Crippen molar-refractivity contribution in [1.82, 2.24) is 49.8 Å². The van der Waals surface area contributed by atoms with E-state index in [0.29, 0.717) is 39.7 Å². The van der Waals surface area contributed by atoms with Gasteiger partial charge in [0, 0.05) is 157 Å². The predicted molar refractivity (Wildman–Crippen MR) is 522 cm³/mol. The summed E-state index contributed by atoms with van der Waals surface area (Å²) in [5.41, 5.74) is 34.5. The van der Waals surface area contributed by atoms with Gasteiger partial charge in [0.25, 0.3) is 0 Å². The molecule has 0 amide bonds. The molecule has 10 aromatic carbocycles. The summed E-state index contributed by atoms with van der Waals surface area (Å²) in [6.45, 7) is 4.71. The van der Waals surface area contributed by atoms with Crippen molar-refractivity contribution in [2.75, 3.05) is 21.3 Å². The Labute approximate surface area is 763 Å². The molecule has 26 rings (SSSR count). The highest BCUT2D eigenvalue weighted by Crippen LogP contribution is 2.51. The molecule has 0 atom stereocenters. The first-order chi connectivity index (χ1) is 64.8. The number of fused-ring (bicyclic) bond motifs is 26. The summed E-state index contributed by atoms with van der Waals surface area (Å²) in [4.78, 5) is 40.7. The van der Waals surface area contributed by atoms with Gasteiger partial charge in [-0.2, -0.15) is 0 Å². The van der Waals surface area contributed by atoms with Crippen LogP contribution in [-0.2, 0) is 64.2 Å². The molecular weight excluding hydrogens is 1670 g/mol. The normalized spacial score (nSPS) is 15.0. The maximum Gasteiger partial charge on any atom is 0.586 e. The summed E-state index contributed by atoms with van der Waals surface area (Å²) in [7, 11) is 4.93. The number of halogens is 2. The Kier molecular flexibility index (Phi) is 21.1. The fourth-order valence-corrected chi connectivity index (χ4v) is 21.7. The third-order valence-electron chi connectivity index (χ3n) is 27.9. The number of aryl methyl sites for hydroxylation is 5. The van der Waals surface area contributed by atoms with E-state index < -0.39 is 12.0 Å². The summed E-state index contributed by atoms with van der Waals surface area (Å²) in [5, 5.41) is 61.2. The summed E-state index contributed by atoms with van der Waals surface area (Å²) in [5.74, 6) is 1.51. The van der Waals surface area contributed by atoms with Gasteiger partial charge in [0.2, 0.25) is 5.75 Å². The molecule has 22 heteroatoms. The molecule has 20 aromatic rings. The van der Waals surface area contributed by atoms with Crippen LogP contribution < -0.4 is 23.7 Å². The van der Waals surface area contributed by atoms with Gasteiger partial charge in [-0.25, -0.2) is 4.98 Å². The summed E-state index contributed by atoms with van der Waals surface area (Å²) in [6.07, 6.45) is 26.8. The van der Waals surface area contributed by atoms with Crippen LogP contribution in [0.2, 0.25) is 0 Å². The Morgan fingerprint density at radius 1 is 0.346 bits per heavy atom. The van der Waals surface area contributed by atoms with E-state index in [0.717, 1.165) is 201 Å². The van der Waals surface area contributed by atoms with Crippen molar-refractivity contribution in [3.8, 4) is 114 Å². The summed E-state index contributed by atoms with van der Waals surface area (Å²) in [6, 6.07) is 58.4. The second-order valence-electron chi connectivity index (χ2n) is 36.5. The highest BCUT2D eigenvalue weighted by Gasteiger charge is 2.44. The van der Waals surface area contributed by atoms with Gasteiger partial charge < -0.3 is 74.1 Å². The zero-order chi connectivity index (χ0) is 90.7. The molecule has 6 aliphatic rings. The number of H-pyrrole nitrogens is 5. The van der Waals surface area contributed by atoms with Gasteiger partial charge in [-0.3, -0.25) is 19.9 Å². The first-order valence-electron chi connectivity index (χ1n) is 45.9. The Bertz CT molecular complexity index is 8000. The van der Waals surface area contributed by atoms with Crippen molar-refractivity contribution < 1.29 is 58.0 Å². The van der Waals surface area contributed by atoms with Gasteiger partial charge in [0.1, 0.15) is 11.5 Å². The minimum Gasteiger partial charge on any atom is -0.508 e. The van der Waals surface area contributed by atoms with Crippen molar-refractivity contribution in [1.29, 1.82) is 0 Å². The van der Waals surface area contributed by atoms with Gasteiger partial charge in [-0.1, -0.05) is 19.9 Å². The van der Waals surface area contributed by atoms with Gasteiger partial charge in [0.05, 0.1) is 54.6 Å². The molecule has 0 saturated carbocycles. The van der Waals surface area contributed by atoms with Gasteiger partial charge >= 0.3 is 6.29 Å². The highest BCUT2D eigenvalue weighted by molar-refractivity contribution is 6.13. The van der Waals surface area contributed by atoms with E-state index in [1.807, 2.05) is 91.6 Å². The van der Waals surface area contributed by atoms with E-state index >= 15 is 0 Å². The predicted octanol–water partition coefficient (Wildman–Crippen LogP) is 25.8. The van der Waals surface area contributed by atoms with Crippen molar-refractivity contribution in [2.24, 2.45) is 5.41 Å². The van der Waals surface area contributed by atoms with E-state index in [1.54, 1.807) is 63.8 Å². The molecule has 133 heavy (non-hydrogen) atoms. The molecule has 0 radical (unpaired) electrons. The van der Waals surface area contributed by atoms with Crippen LogP contribution in [0, 0.1) is 5.41 Å². The minimum absolute atomic E-state index is 0.0629. The molecule has 10 aromatic heterocycles. The number of methoxy groups -OCH3 is 3. The average Bonchev–Trinajstić information content (AvgIpc) is 1.62. The Morgan fingerprint density at radius 2 is 0.744 bits per heavy atom. The van der Waals surface area contributed by atoms with E-state index in [2.05, 4.69) is 135 Å². The zero-order valence-electron chi connectivity index (χ0n) is 74.4. The molecule has 1 aliphatic heterocycles. The number of benzene rings is 10. The third-order valence-corrected chi connectivity index (χ3v) is 27.9. The largest absolute Gasteiger partial charge is 0.586 e. The second-order valence-corrected chi connectivity index (χ2v) is 36.5. The van der Waals surface area contributed by atoms with Crippen molar-refractivity contribution in [3.63, 3.8) is 0 Å². The molecule has 0 unspecified atom stereocenters. The van der Waals surface area contributed by atoms with E-state index in [4.69, 9.17) is 19.2 Å². The number of aromatic nitrogens is 10. The lowest BCUT2D eigenvalue weighted by Crippen LogP contribution is -2.25. The molecule has 11 heterocycles. The molecule has 0 fully saturated rings. The van der Waals surface area contributed by atoms with E-state index in [-0.39, 0.29) is 23.0 Å². The molecule has 0 saturated heterocycles. The lowest BCUT2D eigenvalue weighted by atomic mass is 9.72. The van der Waals surface area contributed by atoms with Crippen LogP contribution in [-0.4, -0.2) is 103 Å². The number of rotatable bonds is 8. The van der Waals surface area contributed by atoms with Crippen LogP contribution in [0.1, 0.15) is 127 Å². The number of phenols is 5. The Balaban J connectivity index is 0.0000000970. The molecule has 5 aliphatic carbocycles. The van der Waals surface area contributed by atoms with Crippen molar-refractivity contribution >= 4 is 109 Å². The molecule has 20 nitrogen and oxygen atoms in total. The number of nitrogens with zero attached hydrogens (tertiary/aromatic N) is 5. The fourth-order valence-electron chi connectivity index (χ4n) is 21.7. The number of ether oxygens (including phenoxy) is 5. The summed E-state index contributed by atoms with van der Waals surface area (Å²) < 4.78 is 52.7. The SMILES string of the molecule is CC1(C)CCc2c(c(-c3ccc(O)cc3)[nH]c3ccc4nccc4c23)C1.COc1cc(-c2[nH]c3ccc4nccc4c3c3c2CCCC3)cc(OC)c1OC.FC1(F)Oc2ccc(-c3[nH]c4ccc5nccc5c4c4c3CCCC4)cc2O1.Oc1cc(-c2[nH]c3ccc4nccc4c3c3c2CCCC3)cc(O)c1O.Oc1ccc(-c2nc3c(ccc4[nH]ccc43)c3c2CCCC3)cc1. The second kappa shape index (κ2) is 33.6. The Hall–Kier alpha value is -15.2. The van der Waals surface area contributed by atoms with Crippen LogP contribution in [0.4, 0.5) is 8.78 Å². The lowest BCUT2D eigenvalue weighted by molar-refractivity contribution is -0.286. The van der Waals surface area contributed by atoms with Crippen molar-refractivity contribution in [2.45, 2.75) is 142 Å². The maximum atomic E-state index is 13.4. The van der Waals surface area contributed by atoms with E-state index in [9.17, 15) is 34.3 Å². The zero-order valence-corrected chi connectivity index (χ0v) is 74.4. The topological polar surface area (TPSA) is 291 Å². The van der Waals surface area contributed by atoms with Crippen LogP contribution in [0.25, 0.3) is 165 Å². The fraction of sp³-hybridized carbons (Fsp3) is 0.234. The average molecular weight is 1770 g/mol. The number of hydrogen-bond donors (Lipinski definition) is 10. The van der Waals surface area contributed by atoms with E-state index in [1.165, 1.54) is 149 Å². The summed E-state index contributed by atoms with van der Waals surface area (Å²) >= 11 is 0. The van der Waals surface area contributed by atoms with Crippen LogP contribution in [0.5, 0.6) is 57.5 Å². The molecular formula is C111H98F2N10O10. The number of aromatic hydroxyl groups is 5. The number of hydrogen-bond acceptors (Lipinski definition) is 15. The molecule has 0 bridgehead atoms. The number of phenolic OH excluding ortho intramolecular Hbond substituents is 5. The van der Waals surface area contributed by atoms with Gasteiger partial charge in [-0.05, 0) is 365 Å².